The van der Waals surface area contributed by atoms with Gasteiger partial charge in [-0.2, -0.15) is 0 Å². The Bertz CT molecular complexity index is 781. The zero-order valence-corrected chi connectivity index (χ0v) is 15.4. The highest BCUT2D eigenvalue weighted by Crippen LogP contribution is 2.48. The number of alkyl halides is 1. The van der Waals surface area contributed by atoms with Gasteiger partial charge in [0.1, 0.15) is 5.60 Å². The molecule has 0 bridgehead atoms. The molecule has 0 N–H and O–H groups in total. The van der Waals surface area contributed by atoms with Crippen molar-refractivity contribution in [2.24, 2.45) is 0 Å². The summed E-state index contributed by atoms with van der Waals surface area (Å²) in [5, 5.41) is 0.561. The van der Waals surface area contributed by atoms with Gasteiger partial charge in [-0.1, -0.05) is 107 Å². The van der Waals surface area contributed by atoms with Crippen molar-refractivity contribution in [1.29, 1.82) is 0 Å². The van der Waals surface area contributed by atoms with E-state index >= 15 is 0 Å². The first kappa shape index (κ1) is 16.5. The fourth-order valence-corrected chi connectivity index (χ4v) is 4.00. The van der Waals surface area contributed by atoms with Crippen LogP contribution in [0.25, 0.3) is 0 Å². The molecule has 3 aromatic rings. The average Bonchev–Trinajstić information content (AvgIpc) is 3.13. The van der Waals surface area contributed by atoms with Gasteiger partial charge in [-0.3, -0.25) is 0 Å². The van der Waals surface area contributed by atoms with Crippen molar-refractivity contribution in [3.8, 4) is 0 Å². The second kappa shape index (κ2) is 6.75. The summed E-state index contributed by atoms with van der Waals surface area (Å²) in [5.74, 6) is -0.813. The van der Waals surface area contributed by atoms with Crippen LogP contribution < -0.4 is 0 Å². The van der Waals surface area contributed by atoms with Crippen LogP contribution in [0.5, 0.6) is 0 Å². The predicted octanol–water partition coefficient (Wildman–Crippen LogP) is 5.22. The summed E-state index contributed by atoms with van der Waals surface area (Å²) in [6.45, 7) is 0.460. The minimum Gasteiger partial charge on any atom is -0.341 e. The third-order valence-electron chi connectivity index (χ3n) is 4.72. The van der Waals surface area contributed by atoms with Crippen LogP contribution in [0.4, 0.5) is 0 Å². The SMILES string of the molecule is BrCC1(c2ccccc2)OCC(c2ccccc2)(c2ccccc2)O1. The van der Waals surface area contributed by atoms with Crippen LogP contribution in [-0.4, -0.2) is 11.9 Å². The van der Waals surface area contributed by atoms with E-state index < -0.39 is 11.4 Å². The fourth-order valence-electron chi connectivity index (χ4n) is 3.40. The molecule has 3 heteroatoms. The van der Waals surface area contributed by atoms with Crippen molar-refractivity contribution >= 4 is 15.9 Å². The van der Waals surface area contributed by atoms with Crippen molar-refractivity contribution in [2.75, 3.05) is 11.9 Å². The van der Waals surface area contributed by atoms with Gasteiger partial charge in [0.05, 0.1) is 11.9 Å². The monoisotopic (exact) mass is 394 g/mol. The first-order valence-electron chi connectivity index (χ1n) is 8.36. The van der Waals surface area contributed by atoms with Crippen LogP contribution in [-0.2, 0) is 20.9 Å². The first-order chi connectivity index (χ1) is 12.3. The smallest absolute Gasteiger partial charge is 0.206 e. The Balaban J connectivity index is 1.85. The van der Waals surface area contributed by atoms with E-state index in [0.29, 0.717) is 11.9 Å². The van der Waals surface area contributed by atoms with E-state index in [0.717, 1.165) is 16.7 Å². The van der Waals surface area contributed by atoms with E-state index in [1.807, 2.05) is 66.7 Å². The van der Waals surface area contributed by atoms with Gasteiger partial charge in [-0.05, 0) is 11.1 Å². The van der Waals surface area contributed by atoms with Crippen LogP contribution in [0.3, 0.4) is 0 Å². The Morgan fingerprint density at radius 2 is 1.12 bits per heavy atom. The summed E-state index contributed by atoms with van der Waals surface area (Å²) in [6, 6.07) is 30.7. The molecule has 25 heavy (non-hydrogen) atoms. The number of ether oxygens (including phenoxy) is 2. The minimum absolute atomic E-state index is 0.460. The molecule has 3 aromatic carbocycles. The molecule has 0 amide bonds. The molecule has 2 nitrogen and oxygen atoms in total. The maximum atomic E-state index is 6.77. The molecule has 1 saturated heterocycles. The lowest BCUT2D eigenvalue weighted by Gasteiger charge is -2.33. The molecule has 0 spiro atoms. The molecule has 0 saturated carbocycles. The lowest BCUT2D eigenvalue weighted by atomic mass is 9.87. The summed E-state index contributed by atoms with van der Waals surface area (Å²) >= 11 is 3.62. The Morgan fingerprint density at radius 3 is 1.56 bits per heavy atom. The van der Waals surface area contributed by atoms with Gasteiger partial charge in [0, 0.05) is 5.56 Å². The van der Waals surface area contributed by atoms with Crippen LogP contribution in [0.1, 0.15) is 16.7 Å². The largest absolute Gasteiger partial charge is 0.341 e. The van der Waals surface area contributed by atoms with Crippen molar-refractivity contribution in [2.45, 2.75) is 11.4 Å². The molecule has 1 atom stereocenters. The third-order valence-corrected chi connectivity index (χ3v) is 5.46. The van der Waals surface area contributed by atoms with Gasteiger partial charge in [-0.25, -0.2) is 0 Å². The summed E-state index contributed by atoms with van der Waals surface area (Å²) in [4.78, 5) is 0. The Kier molecular flexibility index (Phi) is 4.46. The van der Waals surface area contributed by atoms with Crippen LogP contribution in [0.2, 0.25) is 0 Å². The van der Waals surface area contributed by atoms with Gasteiger partial charge in [0.2, 0.25) is 5.79 Å². The van der Waals surface area contributed by atoms with E-state index in [1.165, 1.54) is 0 Å². The second-order valence-electron chi connectivity index (χ2n) is 6.20. The van der Waals surface area contributed by atoms with E-state index in [4.69, 9.17) is 9.47 Å². The van der Waals surface area contributed by atoms with Crippen molar-refractivity contribution in [3.63, 3.8) is 0 Å². The molecule has 0 radical (unpaired) electrons. The molecule has 1 fully saturated rings. The quantitative estimate of drug-likeness (QED) is 0.564. The van der Waals surface area contributed by atoms with Crippen molar-refractivity contribution in [1.82, 2.24) is 0 Å². The first-order valence-corrected chi connectivity index (χ1v) is 9.48. The maximum Gasteiger partial charge on any atom is 0.206 e. The molecule has 1 aliphatic heterocycles. The zero-order chi connectivity index (χ0) is 17.2. The Labute approximate surface area is 156 Å². The highest BCUT2D eigenvalue weighted by Gasteiger charge is 2.53. The number of halogens is 1. The molecule has 1 unspecified atom stereocenters. The Morgan fingerprint density at radius 1 is 0.680 bits per heavy atom. The molecule has 1 heterocycles. The number of hydrogen-bond donors (Lipinski definition) is 0. The Hall–Kier alpha value is -1.94. The lowest BCUT2D eigenvalue weighted by Crippen LogP contribution is -2.35. The molecule has 4 rings (SSSR count). The van der Waals surface area contributed by atoms with Gasteiger partial charge in [0.15, 0.2) is 0 Å². The van der Waals surface area contributed by atoms with E-state index in [2.05, 4.69) is 40.2 Å². The summed E-state index contributed by atoms with van der Waals surface area (Å²) in [6.07, 6.45) is 0. The lowest BCUT2D eigenvalue weighted by molar-refractivity contribution is -0.172. The fraction of sp³-hybridized carbons (Fsp3) is 0.182. The van der Waals surface area contributed by atoms with Gasteiger partial charge in [-0.15, -0.1) is 0 Å². The molecule has 126 valence electrons. The van der Waals surface area contributed by atoms with Crippen molar-refractivity contribution < 1.29 is 9.47 Å². The average molecular weight is 395 g/mol. The normalized spacial score (nSPS) is 22.0. The highest BCUT2D eigenvalue weighted by atomic mass is 79.9. The van der Waals surface area contributed by atoms with Crippen LogP contribution in [0.15, 0.2) is 91.0 Å². The topological polar surface area (TPSA) is 18.5 Å². The molecular weight excluding hydrogens is 376 g/mol. The van der Waals surface area contributed by atoms with Crippen molar-refractivity contribution in [3.05, 3.63) is 108 Å². The van der Waals surface area contributed by atoms with E-state index in [-0.39, 0.29) is 0 Å². The van der Waals surface area contributed by atoms with Gasteiger partial charge < -0.3 is 9.47 Å². The zero-order valence-electron chi connectivity index (χ0n) is 13.8. The second-order valence-corrected chi connectivity index (χ2v) is 6.76. The molecule has 0 aliphatic carbocycles. The van der Waals surface area contributed by atoms with Crippen LogP contribution >= 0.6 is 15.9 Å². The highest BCUT2D eigenvalue weighted by molar-refractivity contribution is 9.09. The summed E-state index contributed by atoms with van der Waals surface area (Å²) in [5.41, 5.74) is 2.58. The van der Waals surface area contributed by atoms with E-state index in [1.54, 1.807) is 0 Å². The summed E-state index contributed by atoms with van der Waals surface area (Å²) < 4.78 is 13.1. The molecule has 0 aromatic heterocycles. The van der Waals surface area contributed by atoms with Gasteiger partial charge >= 0.3 is 0 Å². The standard InChI is InChI=1S/C22H19BrO2/c23-16-22(20-14-8-3-9-15-20)24-17-21(25-22,18-10-4-1-5-11-18)19-12-6-2-7-13-19/h1-15H,16-17H2. The molecule has 1 aliphatic rings. The van der Waals surface area contributed by atoms with Gasteiger partial charge in [0.25, 0.3) is 0 Å². The number of rotatable bonds is 4. The predicted molar refractivity (Wildman–Crippen MR) is 103 cm³/mol. The number of benzene rings is 3. The summed E-state index contributed by atoms with van der Waals surface area (Å²) in [7, 11) is 0. The van der Waals surface area contributed by atoms with Crippen LogP contribution in [0, 0.1) is 0 Å². The minimum atomic E-state index is -0.813. The third kappa shape index (κ3) is 2.82. The number of hydrogen-bond acceptors (Lipinski definition) is 2. The maximum absolute atomic E-state index is 6.77. The molecular formula is C22H19BrO2. The van der Waals surface area contributed by atoms with E-state index in [9.17, 15) is 0 Å².